The maximum atomic E-state index is 12.8. The summed E-state index contributed by atoms with van der Waals surface area (Å²) >= 11 is 0. The fourth-order valence-electron chi connectivity index (χ4n) is 3.63. The third-order valence-corrected chi connectivity index (χ3v) is 4.87. The van der Waals surface area contributed by atoms with Gasteiger partial charge in [-0.3, -0.25) is 9.59 Å². The van der Waals surface area contributed by atoms with Gasteiger partial charge in [-0.05, 0) is 42.4 Å². The molecule has 0 spiro atoms. The molecule has 1 aromatic carbocycles. The molecule has 1 heterocycles. The third-order valence-electron chi connectivity index (χ3n) is 4.87. The van der Waals surface area contributed by atoms with Crippen LogP contribution in [0.2, 0.25) is 0 Å². The first-order valence-corrected chi connectivity index (χ1v) is 10.9. The molecule has 0 aliphatic heterocycles. The molecule has 1 aromatic heterocycles. The SMILES string of the molecule is Cc1cc(CC(=O)Nc2cc([C@H](C)CC(=O)O)ccc2N(CC(C)C)CC(C)C)no1. The number of carbonyl (C=O) groups is 2. The van der Waals surface area contributed by atoms with Crippen LogP contribution >= 0.6 is 0 Å². The Hall–Kier alpha value is -2.83. The van der Waals surface area contributed by atoms with Crippen molar-refractivity contribution in [1.29, 1.82) is 0 Å². The number of hydrogen-bond donors (Lipinski definition) is 2. The lowest BCUT2D eigenvalue weighted by molar-refractivity contribution is -0.137. The Morgan fingerprint density at radius 3 is 2.26 bits per heavy atom. The largest absolute Gasteiger partial charge is 0.481 e. The third kappa shape index (κ3) is 7.74. The number of carbonyl (C=O) groups excluding carboxylic acids is 1. The predicted molar refractivity (Wildman–Crippen MR) is 123 cm³/mol. The molecule has 0 saturated heterocycles. The van der Waals surface area contributed by atoms with Gasteiger partial charge in [0.05, 0.1) is 29.9 Å². The average Bonchev–Trinajstić information content (AvgIpc) is 3.04. The summed E-state index contributed by atoms with van der Waals surface area (Å²) < 4.78 is 5.06. The highest BCUT2D eigenvalue weighted by atomic mass is 16.5. The molecule has 0 unspecified atom stereocenters. The van der Waals surface area contributed by atoms with Gasteiger partial charge in [-0.25, -0.2) is 0 Å². The summed E-state index contributed by atoms with van der Waals surface area (Å²) in [5.74, 6) is 0.366. The molecule has 31 heavy (non-hydrogen) atoms. The predicted octanol–water partition coefficient (Wildman–Crippen LogP) is 4.86. The van der Waals surface area contributed by atoms with Gasteiger partial charge in [0.1, 0.15) is 5.76 Å². The zero-order valence-corrected chi connectivity index (χ0v) is 19.4. The van der Waals surface area contributed by atoms with Gasteiger partial charge < -0.3 is 19.8 Å². The van der Waals surface area contributed by atoms with Gasteiger partial charge >= 0.3 is 5.97 Å². The van der Waals surface area contributed by atoms with Gasteiger partial charge in [0.15, 0.2) is 0 Å². The van der Waals surface area contributed by atoms with Gasteiger partial charge in [-0.1, -0.05) is 45.8 Å². The first-order valence-electron chi connectivity index (χ1n) is 10.9. The molecular formula is C24H35N3O4. The number of hydrogen-bond acceptors (Lipinski definition) is 5. The van der Waals surface area contributed by atoms with Crippen LogP contribution in [-0.4, -0.2) is 35.2 Å². The standard InChI is InChI=1S/C24H35N3O4/c1-15(2)13-27(14-16(3)4)22-8-7-19(17(5)9-24(29)30)11-21(22)25-23(28)12-20-10-18(6)31-26-20/h7-8,10-11,15-17H,9,12-14H2,1-6H3,(H,25,28)(H,29,30)/t17-/m1/s1. The first-order chi connectivity index (χ1) is 14.5. The summed E-state index contributed by atoms with van der Waals surface area (Å²) in [5, 5.41) is 16.1. The normalized spacial score (nSPS) is 12.3. The van der Waals surface area contributed by atoms with E-state index in [1.54, 1.807) is 13.0 Å². The Bertz CT molecular complexity index is 879. The van der Waals surface area contributed by atoms with Crippen LogP contribution in [0.5, 0.6) is 0 Å². The zero-order valence-electron chi connectivity index (χ0n) is 19.4. The molecule has 7 heteroatoms. The average molecular weight is 430 g/mol. The second-order valence-electron chi connectivity index (χ2n) is 9.12. The van der Waals surface area contributed by atoms with Crippen LogP contribution in [0.25, 0.3) is 0 Å². The van der Waals surface area contributed by atoms with Gasteiger partial charge in [0.25, 0.3) is 0 Å². The molecule has 0 fully saturated rings. The van der Waals surface area contributed by atoms with Crippen molar-refractivity contribution in [1.82, 2.24) is 5.16 Å². The van der Waals surface area contributed by atoms with E-state index in [4.69, 9.17) is 4.52 Å². The van der Waals surface area contributed by atoms with Gasteiger partial charge in [0, 0.05) is 19.2 Å². The monoisotopic (exact) mass is 429 g/mol. The number of amides is 1. The first kappa shape index (κ1) is 24.4. The molecule has 7 nitrogen and oxygen atoms in total. The molecule has 2 aromatic rings. The maximum Gasteiger partial charge on any atom is 0.303 e. The molecule has 1 amide bonds. The minimum Gasteiger partial charge on any atom is -0.481 e. The van der Waals surface area contributed by atoms with Crippen molar-refractivity contribution in [2.45, 2.75) is 60.3 Å². The number of nitrogens with one attached hydrogen (secondary N) is 1. The van der Waals surface area contributed by atoms with Crippen molar-refractivity contribution in [3.63, 3.8) is 0 Å². The summed E-state index contributed by atoms with van der Waals surface area (Å²) in [5.41, 5.74) is 3.10. The number of carboxylic acids is 1. The Labute approximate surface area is 184 Å². The quantitative estimate of drug-likeness (QED) is 0.529. The van der Waals surface area contributed by atoms with E-state index in [1.165, 1.54) is 0 Å². The van der Waals surface area contributed by atoms with Crippen LogP contribution < -0.4 is 10.2 Å². The molecule has 0 aliphatic rings. The Balaban J connectivity index is 2.37. The van der Waals surface area contributed by atoms with Crippen molar-refractivity contribution in [3.05, 3.63) is 41.3 Å². The van der Waals surface area contributed by atoms with Gasteiger partial charge in [-0.15, -0.1) is 0 Å². The summed E-state index contributed by atoms with van der Waals surface area (Å²) in [6.45, 7) is 14.1. The number of anilines is 2. The van der Waals surface area contributed by atoms with E-state index in [0.29, 0.717) is 29.0 Å². The number of rotatable bonds is 11. The highest BCUT2D eigenvalue weighted by Crippen LogP contribution is 2.32. The van der Waals surface area contributed by atoms with Crippen LogP contribution in [0.15, 0.2) is 28.8 Å². The van der Waals surface area contributed by atoms with Crippen LogP contribution in [0.4, 0.5) is 11.4 Å². The maximum absolute atomic E-state index is 12.8. The van der Waals surface area contributed by atoms with Gasteiger partial charge in [0.2, 0.25) is 5.91 Å². The van der Waals surface area contributed by atoms with Crippen molar-refractivity contribution in [2.24, 2.45) is 11.8 Å². The molecule has 0 bridgehead atoms. The van der Waals surface area contributed by atoms with E-state index in [0.717, 1.165) is 24.3 Å². The Morgan fingerprint density at radius 2 is 1.74 bits per heavy atom. The summed E-state index contributed by atoms with van der Waals surface area (Å²) in [4.78, 5) is 26.2. The number of benzene rings is 1. The van der Waals surface area contributed by atoms with E-state index in [-0.39, 0.29) is 24.7 Å². The van der Waals surface area contributed by atoms with Crippen molar-refractivity contribution < 1.29 is 19.2 Å². The Kier molecular flexibility index (Phi) is 8.65. The van der Waals surface area contributed by atoms with Crippen molar-refractivity contribution in [3.8, 4) is 0 Å². The number of nitrogens with zero attached hydrogens (tertiary/aromatic N) is 2. The van der Waals surface area contributed by atoms with Crippen LogP contribution in [-0.2, 0) is 16.0 Å². The minimum absolute atomic E-state index is 0.0344. The zero-order chi connectivity index (χ0) is 23.1. The lowest BCUT2D eigenvalue weighted by Crippen LogP contribution is -2.32. The van der Waals surface area contributed by atoms with Crippen molar-refractivity contribution in [2.75, 3.05) is 23.3 Å². The molecular weight excluding hydrogens is 394 g/mol. The molecule has 1 atom stereocenters. The molecule has 2 rings (SSSR count). The molecule has 170 valence electrons. The lowest BCUT2D eigenvalue weighted by Gasteiger charge is -2.31. The van der Waals surface area contributed by atoms with Crippen LogP contribution in [0, 0.1) is 18.8 Å². The van der Waals surface area contributed by atoms with E-state index >= 15 is 0 Å². The van der Waals surface area contributed by atoms with E-state index < -0.39 is 5.97 Å². The number of carboxylic acid groups (broad SMARTS) is 1. The lowest BCUT2D eigenvalue weighted by atomic mass is 9.96. The highest BCUT2D eigenvalue weighted by molar-refractivity contribution is 5.95. The van der Waals surface area contributed by atoms with E-state index in [9.17, 15) is 14.7 Å². The highest BCUT2D eigenvalue weighted by Gasteiger charge is 2.19. The number of aromatic nitrogens is 1. The molecule has 2 N–H and O–H groups in total. The van der Waals surface area contributed by atoms with Gasteiger partial charge in [-0.2, -0.15) is 0 Å². The Morgan fingerprint density at radius 1 is 1.10 bits per heavy atom. The number of aliphatic carboxylic acids is 1. The van der Waals surface area contributed by atoms with Crippen LogP contribution in [0.1, 0.15) is 64.0 Å². The summed E-state index contributed by atoms with van der Waals surface area (Å²) in [6, 6.07) is 7.61. The fraction of sp³-hybridized carbons (Fsp3) is 0.542. The molecule has 0 saturated carbocycles. The smallest absolute Gasteiger partial charge is 0.303 e. The molecule has 0 radical (unpaired) electrons. The van der Waals surface area contributed by atoms with E-state index in [2.05, 4.69) is 43.1 Å². The molecule has 0 aliphatic carbocycles. The van der Waals surface area contributed by atoms with Crippen molar-refractivity contribution >= 4 is 23.3 Å². The second kappa shape index (κ2) is 11.0. The topological polar surface area (TPSA) is 95.7 Å². The van der Waals surface area contributed by atoms with Crippen LogP contribution in [0.3, 0.4) is 0 Å². The summed E-state index contributed by atoms with van der Waals surface area (Å²) in [7, 11) is 0. The minimum atomic E-state index is -0.843. The summed E-state index contributed by atoms with van der Waals surface area (Å²) in [6.07, 6.45) is 0.146. The fourth-order valence-corrected chi connectivity index (χ4v) is 3.63. The van der Waals surface area contributed by atoms with E-state index in [1.807, 2.05) is 25.1 Å². The number of aryl methyl sites for hydroxylation is 1. The second-order valence-corrected chi connectivity index (χ2v) is 9.12.